The molecule has 3 fully saturated rings. The van der Waals surface area contributed by atoms with Crippen molar-refractivity contribution >= 4 is 30.1 Å². The van der Waals surface area contributed by atoms with Gasteiger partial charge in [0.05, 0.1) is 53.0 Å². The topological polar surface area (TPSA) is 173 Å². The number of phosphoric ester groups is 1. The second-order valence-corrected chi connectivity index (χ2v) is 17.6. The third-order valence-corrected chi connectivity index (χ3v) is 12.4. The molecule has 55 heavy (non-hydrogen) atoms. The highest BCUT2D eigenvalue weighted by Crippen LogP contribution is 2.62. The Kier molecular flexibility index (Phi) is 11.9. The van der Waals surface area contributed by atoms with Crippen LogP contribution in [0.5, 0.6) is 0 Å². The van der Waals surface area contributed by atoms with Crippen LogP contribution < -0.4 is 10.6 Å². The smallest absolute Gasteiger partial charge is 0.380 e. The highest BCUT2D eigenvalue weighted by atomic mass is 31.2. The predicted molar refractivity (Wildman–Crippen MR) is 209 cm³/mol. The molecule has 0 amide bonds. The standard InChI is InChI=1S/C40H51FN9O4P/c1-8-10-12-52-55(51,53-13-11-9-2)54-24-44-29-14-28(21-42)37-32(15-29)38(46-26(4)39(5,6)7)33(22-43)34(47-37)16-30-25(3)45-36(41)17-31(30)35-23-50(49-48-35)40-18-27(19-40)20-40/h14-15,17,23,26-27,44H,8-13,16,18-20,24H2,1-7H3,(H,46,47)/t26-,27?,40?/m1/s1. The molecule has 13 nitrogen and oxygen atoms in total. The normalized spacial score (nSPS) is 18.3. The van der Waals surface area contributed by atoms with Gasteiger partial charge >= 0.3 is 7.82 Å². The van der Waals surface area contributed by atoms with E-state index in [1.165, 1.54) is 6.07 Å². The fourth-order valence-electron chi connectivity index (χ4n) is 6.99. The lowest BCUT2D eigenvalue weighted by atomic mass is 9.50. The van der Waals surface area contributed by atoms with Crippen molar-refractivity contribution in [2.45, 2.75) is 111 Å². The summed E-state index contributed by atoms with van der Waals surface area (Å²) in [6.07, 6.45) is 8.36. The summed E-state index contributed by atoms with van der Waals surface area (Å²) < 4.78 is 47.0. The summed E-state index contributed by atoms with van der Waals surface area (Å²) in [5.74, 6) is 0.106. The fraction of sp³-hybridized carbons (Fsp3) is 0.550. The molecule has 0 unspecified atom stereocenters. The van der Waals surface area contributed by atoms with E-state index >= 15 is 0 Å². The molecule has 3 aromatic heterocycles. The van der Waals surface area contributed by atoms with Crippen LogP contribution in [0.4, 0.5) is 15.8 Å². The maximum atomic E-state index is 14.9. The van der Waals surface area contributed by atoms with E-state index < -0.39 is 13.8 Å². The molecule has 0 radical (unpaired) electrons. The minimum absolute atomic E-state index is 0.00686. The Morgan fingerprint density at radius 2 is 1.75 bits per heavy atom. The van der Waals surface area contributed by atoms with Gasteiger partial charge < -0.3 is 10.6 Å². The number of halogens is 1. The second-order valence-electron chi connectivity index (χ2n) is 15.9. The Morgan fingerprint density at radius 1 is 1.05 bits per heavy atom. The number of nitrogens with zero attached hydrogens (tertiary/aromatic N) is 7. The van der Waals surface area contributed by atoms with Crippen molar-refractivity contribution in [1.82, 2.24) is 25.0 Å². The van der Waals surface area contributed by atoms with E-state index in [1.54, 1.807) is 19.1 Å². The van der Waals surface area contributed by atoms with Crippen LogP contribution in [0.15, 0.2) is 24.4 Å². The monoisotopic (exact) mass is 771 g/mol. The van der Waals surface area contributed by atoms with Crippen molar-refractivity contribution in [3.8, 4) is 23.4 Å². The molecule has 4 aromatic rings. The number of nitrogens with one attached hydrogen (secondary N) is 2. The molecule has 0 aliphatic heterocycles. The summed E-state index contributed by atoms with van der Waals surface area (Å²) in [7, 11) is -3.85. The maximum Gasteiger partial charge on any atom is 0.476 e. The van der Waals surface area contributed by atoms with Gasteiger partial charge in [-0.25, -0.2) is 19.2 Å². The zero-order chi connectivity index (χ0) is 39.5. The van der Waals surface area contributed by atoms with Crippen LogP contribution in [-0.2, 0) is 30.1 Å². The zero-order valence-corrected chi connectivity index (χ0v) is 33.7. The number of aryl methyl sites for hydroxylation is 1. The van der Waals surface area contributed by atoms with Gasteiger partial charge in [0.15, 0.2) is 0 Å². The van der Waals surface area contributed by atoms with Crippen LogP contribution in [0.3, 0.4) is 0 Å². The molecular weight excluding hydrogens is 720 g/mol. The highest BCUT2D eigenvalue weighted by Gasteiger charge is 2.58. The van der Waals surface area contributed by atoms with Crippen molar-refractivity contribution in [3.05, 3.63) is 58.4 Å². The lowest BCUT2D eigenvalue weighted by Gasteiger charge is -2.61. The average molecular weight is 772 g/mol. The Hall–Kier alpha value is -4.46. The zero-order valence-electron chi connectivity index (χ0n) is 32.8. The number of aromatic nitrogens is 5. The Labute approximate surface area is 322 Å². The molecule has 0 saturated heterocycles. The van der Waals surface area contributed by atoms with Crippen LogP contribution in [0.25, 0.3) is 22.2 Å². The first kappa shape index (κ1) is 40.2. The van der Waals surface area contributed by atoms with Gasteiger partial charge in [0.1, 0.15) is 24.6 Å². The van der Waals surface area contributed by atoms with Gasteiger partial charge in [0.25, 0.3) is 0 Å². The summed E-state index contributed by atoms with van der Waals surface area (Å²) in [5.41, 5.74) is 4.24. The summed E-state index contributed by atoms with van der Waals surface area (Å²) >= 11 is 0. The minimum Gasteiger partial charge on any atom is -0.380 e. The van der Waals surface area contributed by atoms with E-state index in [9.17, 15) is 19.5 Å². The molecule has 2 N–H and O–H groups in total. The number of nitriles is 2. The number of anilines is 2. The number of hydrogen-bond donors (Lipinski definition) is 2. The Bertz CT molecular complexity index is 2160. The number of benzene rings is 1. The molecular formula is C40H51FN9O4P. The molecule has 15 heteroatoms. The number of pyridine rings is 2. The number of fused-ring (bicyclic) bond motifs is 1. The van der Waals surface area contributed by atoms with Gasteiger partial charge in [0, 0.05) is 40.9 Å². The molecule has 1 aromatic carbocycles. The van der Waals surface area contributed by atoms with Gasteiger partial charge in [-0.05, 0) is 75.0 Å². The fourth-order valence-corrected chi connectivity index (χ4v) is 8.15. The van der Waals surface area contributed by atoms with Gasteiger partial charge in [0.2, 0.25) is 5.95 Å². The molecule has 1 atom stereocenters. The van der Waals surface area contributed by atoms with Crippen molar-refractivity contribution in [3.63, 3.8) is 0 Å². The van der Waals surface area contributed by atoms with E-state index in [2.05, 4.69) is 58.8 Å². The van der Waals surface area contributed by atoms with Crippen molar-refractivity contribution in [2.24, 2.45) is 11.3 Å². The molecule has 3 heterocycles. The molecule has 0 spiro atoms. The molecule has 3 aliphatic rings. The summed E-state index contributed by atoms with van der Waals surface area (Å²) in [6.45, 7) is 14.3. The Morgan fingerprint density at radius 3 is 2.33 bits per heavy atom. The van der Waals surface area contributed by atoms with E-state index in [-0.39, 0.29) is 54.5 Å². The second kappa shape index (κ2) is 16.3. The molecule has 292 valence electrons. The molecule has 7 rings (SSSR count). The minimum atomic E-state index is -3.85. The molecule has 3 saturated carbocycles. The summed E-state index contributed by atoms with van der Waals surface area (Å²) in [4.78, 5) is 9.11. The first-order chi connectivity index (χ1) is 26.2. The van der Waals surface area contributed by atoms with Crippen LogP contribution in [0.2, 0.25) is 0 Å². The van der Waals surface area contributed by atoms with Crippen molar-refractivity contribution < 1.29 is 22.5 Å². The number of rotatable bonds is 18. The van der Waals surface area contributed by atoms with Crippen molar-refractivity contribution in [2.75, 3.05) is 30.6 Å². The third-order valence-electron chi connectivity index (χ3n) is 11.0. The molecule has 3 aliphatic carbocycles. The van der Waals surface area contributed by atoms with Crippen molar-refractivity contribution in [1.29, 1.82) is 10.5 Å². The highest BCUT2D eigenvalue weighted by molar-refractivity contribution is 7.48. The lowest BCUT2D eigenvalue weighted by Crippen LogP contribution is -2.59. The summed E-state index contributed by atoms with van der Waals surface area (Å²) in [5, 5.41) is 37.4. The van der Waals surface area contributed by atoms with E-state index in [0.29, 0.717) is 63.3 Å². The maximum absolute atomic E-state index is 14.9. The predicted octanol–water partition coefficient (Wildman–Crippen LogP) is 9.15. The van der Waals surface area contributed by atoms with Gasteiger partial charge in [-0.15, -0.1) is 5.10 Å². The number of phosphoric acid groups is 1. The Balaban J connectivity index is 1.39. The van der Waals surface area contributed by atoms with Crippen LogP contribution in [-0.4, -0.2) is 50.9 Å². The quantitative estimate of drug-likeness (QED) is 0.0426. The van der Waals surface area contributed by atoms with E-state index in [4.69, 9.17) is 18.6 Å². The van der Waals surface area contributed by atoms with Gasteiger partial charge in [-0.3, -0.25) is 13.6 Å². The third kappa shape index (κ3) is 8.53. The van der Waals surface area contributed by atoms with E-state index in [0.717, 1.165) is 38.0 Å². The van der Waals surface area contributed by atoms with E-state index in [1.807, 2.05) is 31.6 Å². The molecule has 2 bridgehead atoms. The van der Waals surface area contributed by atoms with Gasteiger partial charge in [-0.1, -0.05) is 52.7 Å². The van der Waals surface area contributed by atoms with Crippen LogP contribution in [0.1, 0.15) is 115 Å². The SMILES string of the molecule is CCCCOP(=O)(OCCCC)OCNc1cc(C#N)c2nc(Cc3c(-c4cn(C56CC(C5)C6)nn4)cc(F)nc3C)c(C#N)c(N[C@H](C)C(C)(C)C)c2c1. The largest absolute Gasteiger partial charge is 0.476 e. The first-order valence-corrected chi connectivity index (χ1v) is 20.6. The van der Waals surface area contributed by atoms with Gasteiger partial charge in [-0.2, -0.15) is 14.9 Å². The lowest BCUT2D eigenvalue weighted by molar-refractivity contribution is -0.0988. The average Bonchev–Trinajstić information content (AvgIpc) is 3.57. The van der Waals surface area contributed by atoms with Crippen LogP contribution in [0, 0.1) is 46.9 Å². The number of unbranched alkanes of at least 4 members (excludes halogenated alkanes) is 2. The number of hydrogen-bond acceptors (Lipinski definition) is 12. The first-order valence-electron chi connectivity index (χ1n) is 19.2. The summed E-state index contributed by atoms with van der Waals surface area (Å²) in [6, 6.07) is 9.31. The van der Waals surface area contributed by atoms with Crippen LogP contribution >= 0.6 is 7.82 Å².